The van der Waals surface area contributed by atoms with Gasteiger partial charge >= 0.3 is 0 Å². The van der Waals surface area contributed by atoms with Crippen LogP contribution in [0.4, 0.5) is 0 Å². The Labute approximate surface area is 134 Å². The quantitative estimate of drug-likeness (QED) is 0.832. The molecule has 3 heterocycles. The van der Waals surface area contributed by atoms with Crippen LogP contribution in [0, 0.1) is 0 Å². The first kappa shape index (κ1) is 15.1. The predicted molar refractivity (Wildman–Crippen MR) is 88.6 cm³/mol. The maximum Gasteiger partial charge on any atom is 0.244 e. The molecular formula is C17H20N2O2S. The predicted octanol–water partition coefficient (Wildman–Crippen LogP) is 3.31. The molecule has 22 heavy (non-hydrogen) atoms. The Morgan fingerprint density at radius 1 is 1.36 bits per heavy atom. The van der Waals surface area contributed by atoms with Crippen molar-refractivity contribution in [3.05, 3.63) is 52.6 Å². The maximum absolute atomic E-state index is 12.0. The van der Waals surface area contributed by atoms with Gasteiger partial charge in [-0.3, -0.25) is 9.69 Å². The van der Waals surface area contributed by atoms with Crippen LogP contribution in [0.1, 0.15) is 29.5 Å². The Morgan fingerprint density at radius 3 is 2.91 bits per heavy atom. The first-order chi connectivity index (χ1) is 10.8. The van der Waals surface area contributed by atoms with Crippen molar-refractivity contribution in [2.45, 2.75) is 18.9 Å². The van der Waals surface area contributed by atoms with Crippen molar-refractivity contribution in [3.8, 4) is 0 Å². The average Bonchev–Trinajstić information content (AvgIpc) is 3.27. The lowest BCUT2D eigenvalue weighted by Gasteiger charge is -2.26. The molecule has 1 N–H and O–H groups in total. The Hall–Kier alpha value is -1.85. The molecule has 0 bridgehead atoms. The molecule has 1 unspecified atom stereocenters. The van der Waals surface area contributed by atoms with Gasteiger partial charge in [0.15, 0.2) is 0 Å². The highest BCUT2D eigenvalue weighted by atomic mass is 32.1. The van der Waals surface area contributed by atoms with E-state index in [-0.39, 0.29) is 11.9 Å². The van der Waals surface area contributed by atoms with E-state index in [1.54, 1.807) is 29.7 Å². The lowest BCUT2D eigenvalue weighted by molar-refractivity contribution is -0.116. The van der Waals surface area contributed by atoms with Crippen LogP contribution >= 0.6 is 11.3 Å². The Kier molecular flexibility index (Phi) is 5.08. The van der Waals surface area contributed by atoms with Gasteiger partial charge in [-0.1, -0.05) is 6.07 Å². The van der Waals surface area contributed by atoms with E-state index in [1.807, 2.05) is 6.07 Å². The largest absolute Gasteiger partial charge is 0.465 e. The number of likely N-dealkylation sites (tertiary alicyclic amines) is 1. The molecule has 0 aliphatic carbocycles. The minimum absolute atomic E-state index is 0.0860. The van der Waals surface area contributed by atoms with Gasteiger partial charge in [0.2, 0.25) is 5.91 Å². The topological polar surface area (TPSA) is 45.5 Å². The zero-order valence-electron chi connectivity index (χ0n) is 12.4. The van der Waals surface area contributed by atoms with Crippen LogP contribution in [0.5, 0.6) is 0 Å². The monoisotopic (exact) mass is 316 g/mol. The van der Waals surface area contributed by atoms with Crippen molar-refractivity contribution in [3.63, 3.8) is 0 Å². The van der Waals surface area contributed by atoms with E-state index in [0.29, 0.717) is 12.3 Å². The van der Waals surface area contributed by atoms with Crippen molar-refractivity contribution < 1.29 is 9.21 Å². The van der Waals surface area contributed by atoms with Crippen molar-refractivity contribution in [1.82, 2.24) is 10.2 Å². The molecule has 116 valence electrons. The van der Waals surface area contributed by atoms with Crippen molar-refractivity contribution in [2.24, 2.45) is 0 Å². The summed E-state index contributed by atoms with van der Waals surface area (Å²) in [6.07, 6.45) is 7.29. The van der Waals surface area contributed by atoms with Crippen molar-refractivity contribution >= 4 is 23.3 Å². The van der Waals surface area contributed by atoms with Crippen LogP contribution in [0.15, 0.2) is 46.4 Å². The summed E-state index contributed by atoms with van der Waals surface area (Å²) in [4.78, 5) is 15.8. The van der Waals surface area contributed by atoms with Crippen LogP contribution in [0.2, 0.25) is 0 Å². The smallest absolute Gasteiger partial charge is 0.244 e. The zero-order valence-corrected chi connectivity index (χ0v) is 13.2. The van der Waals surface area contributed by atoms with E-state index >= 15 is 0 Å². The first-order valence-corrected chi connectivity index (χ1v) is 8.48. The third-order valence-electron chi connectivity index (χ3n) is 3.86. The fraction of sp³-hybridized carbons (Fsp3) is 0.353. The lowest BCUT2D eigenvalue weighted by Crippen LogP contribution is -2.35. The fourth-order valence-electron chi connectivity index (χ4n) is 2.74. The van der Waals surface area contributed by atoms with Crippen LogP contribution in [0.25, 0.3) is 6.08 Å². The molecule has 1 fully saturated rings. The molecule has 2 aromatic rings. The molecule has 1 aliphatic heterocycles. The number of hydrogen-bond acceptors (Lipinski definition) is 4. The number of rotatable bonds is 6. The molecule has 0 radical (unpaired) electrons. The SMILES string of the molecule is O=C(/C=C/c1ccco1)NCC(c1cccs1)N1CCCC1. The molecule has 1 aliphatic rings. The number of nitrogens with one attached hydrogen (secondary N) is 1. The van der Waals surface area contributed by atoms with Gasteiger partial charge in [-0.15, -0.1) is 11.3 Å². The van der Waals surface area contributed by atoms with Crippen LogP contribution in [0.3, 0.4) is 0 Å². The molecule has 0 saturated carbocycles. The lowest BCUT2D eigenvalue weighted by atomic mass is 10.2. The number of thiophene rings is 1. The van der Waals surface area contributed by atoms with Crippen LogP contribution in [-0.4, -0.2) is 30.4 Å². The van der Waals surface area contributed by atoms with E-state index in [4.69, 9.17) is 4.42 Å². The Bertz CT molecular complexity index is 599. The van der Waals surface area contributed by atoms with Gasteiger partial charge in [-0.25, -0.2) is 0 Å². The molecule has 1 amide bonds. The van der Waals surface area contributed by atoms with E-state index in [1.165, 1.54) is 23.8 Å². The summed E-state index contributed by atoms with van der Waals surface area (Å²) in [7, 11) is 0. The minimum Gasteiger partial charge on any atom is -0.465 e. The third-order valence-corrected chi connectivity index (χ3v) is 4.84. The van der Waals surface area contributed by atoms with Gasteiger partial charge in [0.1, 0.15) is 5.76 Å². The van der Waals surface area contributed by atoms with E-state index < -0.39 is 0 Å². The number of carbonyl (C=O) groups excluding carboxylic acids is 1. The summed E-state index contributed by atoms with van der Waals surface area (Å²) in [6.45, 7) is 2.86. The molecule has 4 nitrogen and oxygen atoms in total. The van der Waals surface area contributed by atoms with Crippen LogP contribution in [-0.2, 0) is 4.79 Å². The van der Waals surface area contributed by atoms with E-state index in [9.17, 15) is 4.79 Å². The minimum atomic E-state index is -0.0860. The molecule has 1 saturated heterocycles. The Morgan fingerprint density at radius 2 is 2.23 bits per heavy atom. The Balaban J connectivity index is 1.58. The number of nitrogens with zero attached hydrogens (tertiary/aromatic N) is 1. The van der Waals surface area contributed by atoms with Crippen LogP contribution < -0.4 is 5.32 Å². The van der Waals surface area contributed by atoms with E-state index in [0.717, 1.165) is 13.1 Å². The summed E-state index contributed by atoms with van der Waals surface area (Å²) >= 11 is 1.75. The van der Waals surface area contributed by atoms with Gasteiger partial charge in [-0.05, 0) is 55.6 Å². The summed E-state index contributed by atoms with van der Waals surface area (Å²) in [5.74, 6) is 0.599. The van der Waals surface area contributed by atoms with E-state index in [2.05, 4.69) is 27.7 Å². The van der Waals surface area contributed by atoms with Gasteiger partial charge in [-0.2, -0.15) is 0 Å². The summed E-state index contributed by atoms with van der Waals surface area (Å²) in [5.41, 5.74) is 0. The maximum atomic E-state index is 12.0. The second-order valence-electron chi connectivity index (χ2n) is 5.37. The normalized spacial score (nSPS) is 17.1. The highest BCUT2D eigenvalue weighted by Gasteiger charge is 2.24. The van der Waals surface area contributed by atoms with Gasteiger partial charge in [0, 0.05) is 17.5 Å². The molecule has 5 heteroatoms. The summed E-state index contributed by atoms with van der Waals surface area (Å²) < 4.78 is 5.18. The molecule has 2 aromatic heterocycles. The molecule has 0 spiro atoms. The van der Waals surface area contributed by atoms with Gasteiger partial charge < -0.3 is 9.73 Å². The standard InChI is InChI=1S/C17H20N2O2S/c20-17(8-7-14-5-3-11-21-14)18-13-15(16-6-4-12-22-16)19-9-1-2-10-19/h3-8,11-12,15H,1-2,9-10,13H2,(H,18,20)/b8-7+. The average molecular weight is 316 g/mol. The third kappa shape index (κ3) is 3.87. The number of amides is 1. The van der Waals surface area contributed by atoms with Crippen molar-refractivity contribution in [1.29, 1.82) is 0 Å². The number of furan rings is 1. The number of carbonyl (C=O) groups is 1. The van der Waals surface area contributed by atoms with Gasteiger partial charge in [0.05, 0.1) is 12.3 Å². The fourth-order valence-corrected chi connectivity index (χ4v) is 3.60. The van der Waals surface area contributed by atoms with Gasteiger partial charge in [0.25, 0.3) is 0 Å². The summed E-state index contributed by atoms with van der Waals surface area (Å²) in [6, 6.07) is 8.13. The number of hydrogen-bond donors (Lipinski definition) is 1. The molecule has 0 aromatic carbocycles. The highest BCUT2D eigenvalue weighted by Crippen LogP contribution is 2.27. The molecule has 3 rings (SSSR count). The molecule has 1 atom stereocenters. The second-order valence-corrected chi connectivity index (χ2v) is 6.35. The second kappa shape index (κ2) is 7.42. The first-order valence-electron chi connectivity index (χ1n) is 7.60. The zero-order chi connectivity index (χ0) is 15.2. The highest BCUT2D eigenvalue weighted by molar-refractivity contribution is 7.10. The summed E-state index contributed by atoms with van der Waals surface area (Å²) in [5, 5.41) is 5.10. The molecular weight excluding hydrogens is 296 g/mol. The van der Waals surface area contributed by atoms with Crippen molar-refractivity contribution in [2.75, 3.05) is 19.6 Å².